The lowest BCUT2D eigenvalue weighted by Gasteiger charge is -2.37. The van der Waals surface area contributed by atoms with Crippen LogP contribution in [0.4, 0.5) is 16.2 Å². The van der Waals surface area contributed by atoms with Crippen LogP contribution in [0.1, 0.15) is 50.6 Å². The van der Waals surface area contributed by atoms with Gasteiger partial charge >= 0.3 is 0 Å². The summed E-state index contributed by atoms with van der Waals surface area (Å²) in [4.78, 5) is 20.6. The van der Waals surface area contributed by atoms with Gasteiger partial charge in [-0.2, -0.15) is 5.10 Å². The van der Waals surface area contributed by atoms with Crippen LogP contribution >= 0.6 is 0 Å². The first-order valence-electron chi connectivity index (χ1n) is 13.3. The summed E-state index contributed by atoms with van der Waals surface area (Å²) < 4.78 is 16.8. The molecule has 38 heavy (non-hydrogen) atoms. The Kier molecular flexibility index (Phi) is 6.31. The normalized spacial score (nSPS) is 17.1. The van der Waals surface area contributed by atoms with Crippen LogP contribution in [0.15, 0.2) is 30.6 Å². The maximum Gasteiger partial charge on any atom is 0.229 e. The van der Waals surface area contributed by atoms with Gasteiger partial charge in [0.2, 0.25) is 5.95 Å². The average molecular weight is 516 g/mol. The Bertz CT molecular complexity index is 1480. The van der Waals surface area contributed by atoms with Crippen LogP contribution in [0.25, 0.3) is 22.3 Å². The molecule has 0 spiro atoms. The van der Waals surface area contributed by atoms with Gasteiger partial charge in [0.1, 0.15) is 11.5 Å². The fourth-order valence-electron chi connectivity index (χ4n) is 5.83. The molecule has 6 rings (SSSR count). The molecule has 0 radical (unpaired) electrons. The molecular formula is C28H34FN9. The van der Waals surface area contributed by atoms with E-state index in [1.54, 1.807) is 6.20 Å². The average Bonchev–Trinajstić information content (AvgIpc) is 3.25. The highest BCUT2D eigenvalue weighted by molar-refractivity contribution is 5.83. The van der Waals surface area contributed by atoms with E-state index in [4.69, 9.17) is 4.98 Å². The molecule has 0 aromatic carbocycles. The number of aromatic nitrogens is 6. The molecule has 9 nitrogen and oxygen atoms in total. The van der Waals surface area contributed by atoms with Crippen molar-refractivity contribution in [2.45, 2.75) is 58.0 Å². The van der Waals surface area contributed by atoms with Crippen LogP contribution < -0.4 is 10.6 Å². The molecule has 1 fully saturated rings. The third-order valence-electron chi connectivity index (χ3n) is 7.56. The van der Waals surface area contributed by atoms with E-state index in [9.17, 15) is 4.39 Å². The lowest BCUT2D eigenvalue weighted by Crippen LogP contribution is -2.45. The summed E-state index contributed by atoms with van der Waals surface area (Å²) in [7, 11) is 1.91. The first-order chi connectivity index (χ1) is 18.3. The second kappa shape index (κ2) is 9.67. The minimum absolute atomic E-state index is 0.149. The minimum Gasteiger partial charge on any atom is -0.317 e. The van der Waals surface area contributed by atoms with Gasteiger partial charge in [0.05, 0.1) is 11.9 Å². The number of fused-ring (bicyclic) bond motifs is 2. The number of halogens is 1. The number of nitrogens with zero attached hydrogens (tertiary/aromatic N) is 7. The summed E-state index contributed by atoms with van der Waals surface area (Å²) in [5.41, 5.74) is 4.66. The molecule has 2 N–H and O–H groups in total. The number of rotatable bonds is 4. The van der Waals surface area contributed by atoms with E-state index in [0.29, 0.717) is 29.0 Å². The highest BCUT2D eigenvalue weighted by Crippen LogP contribution is 2.32. The predicted molar refractivity (Wildman–Crippen MR) is 146 cm³/mol. The molecule has 198 valence electrons. The Hall–Kier alpha value is -3.50. The number of hydrogen-bond donors (Lipinski definition) is 2. The van der Waals surface area contributed by atoms with E-state index in [1.165, 1.54) is 24.6 Å². The van der Waals surface area contributed by atoms with E-state index < -0.39 is 5.82 Å². The Morgan fingerprint density at radius 3 is 2.68 bits per heavy atom. The van der Waals surface area contributed by atoms with Crippen LogP contribution in [0.2, 0.25) is 0 Å². The first kappa shape index (κ1) is 24.8. The molecule has 0 unspecified atom stereocenters. The van der Waals surface area contributed by atoms with Crippen LogP contribution in [0, 0.1) is 5.82 Å². The van der Waals surface area contributed by atoms with Gasteiger partial charge in [0, 0.05) is 60.9 Å². The van der Waals surface area contributed by atoms with Gasteiger partial charge in [-0.15, -0.1) is 0 Å². The van der Waals surface area contributed by atoms with Gasteiger partial charge in [-0.3, -0.25) is 9.58 Å². The first-order valence-corrected chi connectivity index (χ1v) is 13.3. The number of aryl methyl sites for hydroxylation is 1. The molecule has 10 heteroatoms. The Morgan fingerprint density at radius 1 is 1.08 bits per heavy atom. The summed E-state index contributed by atoms with van der Waals surface area (Å²) in [6.07, 6.45) is 6.12. The second-order valence-electron chi connectivity index (χ2n) is 11.3. The third-order valence-corrected chi connectivity index (χ3v) is 7.56. The fourth-order valence-corrected chi connectivity index (χ4v) is 5.83. The van der Waals surface area contributed by atoms with Crippen LogP contribution in [0.5, 0.6) is 0 Å². The number of nitrogens with one attached hydrogen (secondary N) is 2. The van der Waals surface area contributed by atoms with E-state index >= 15 is 0 Å². The van der Waals surface area contributed by atoms with Gasteiger partial charge in [0.15, 0.2) is 11.5 Å². The van der Waals surface area contributed by atoms with Crippen molar-refractivity contribution in [2.24, 2.45) is 7.05 Å². The molecule has 2 aliphatic heterocycles. The smallest absolute Gasteiger partial charge is 0.229 e. The molecule has 0 bridgehead atoms. The third kappa shape index (κ3) is 4.74. The second-order valence-corrected chi connectivity index (χ2v) is 11.3. The van der Waals surface area contributed by atoms with E-state index in [1.807, 2.05) is 23.9 Å². The van der Waals surface area contributed by atoms with Crippen molar-refractivity contribution < 1.29 is 4.39 Å². The number of hydrogen-bond acceptors (Lipinski definition) is 8. The van der Waals surface area contributed by atoms with E-state index in [2.05, 4.69) is 62.4 Å². The summed E-state index contributed by atoms with van der Waals surface area (Å²) >= 11 is 0. The van der Waals surface area contributed by atoms with Crippen molar-refractivity contribution in [3.63, 3.8) is 0 Å². The zero-order chi connectivity index (χ0) is 26.4. The molecule has 6 heterocycles. The molecule has 4 aromatic heterocycles. The molecule has 2 aliphatic rings. The predicted octanol–water partition coefficient (Wildman–Crippen LogP) is 4.11. The summed E-state index contributed by atoms with van der Waals surface area (Å²) in [6.45, 7) is 10.5. The zero-order valence-electron chi connectivity index (χ0n) is 22.4. The SMILES string of the molecule is Cn1nc2ncc(-c3nc(Nc4ccc5c(n4)CCN(C4CCNCC4)C5)ncc3F)cc2c1C(C)(C)C. The van der Waals surface area contributed by atoms with Crippen molar-refractivity contribution in [3.8, 4) is 11.3 Å². The number of pyridine rings is 2. The van der Waals surface area contributed by atoms with Gasteiger partial charge in [-0.05, 0) is 43.6 Å². The van der Waals surface area contributed by atoms with Crippen molar-refractivity contribution in [2.75, 3.05) is 25.0 Å². The van der Waals surface area contributed by atoms with Gasteiger partial charge in [-0.25, -0.2) is 24.3 Å². The lowest BCUT2D eigenvalue weighted by atomic mass is 9.89. The molecule has 0 saturated carbocycles. The fraction of sp³-hybridized carbons (Fsp3) is 0.464. The largest absolute Gasteiger partial charge is 0.317 e. The molecule has 4 aromatic rings. The molecule has 1 saturated heterocycles. The van der Waals surface area contributed by atoms with Crippen LogP contribution in [0.3, 0.4) is 0 Å². The van der Waals surface area contributed by atoms with Crippen molar-refractivity contribution in [1.82, 2.24) is 39.9 Å². The number of piperidine rings is 1. The van der Waals surface area contributed by atoms with Gasteiger partial charge in [-0.1, -0.05) is 26.8 Å². The zero-order valence-corrected chi connectivity index (χ0v) is 22.4. The summed E-state index contributed by atoms with van der Waals surface area (Å²) in [5.74, 6) is 0.449. The topological polar surface area (TPSA) is 96.7 Å². The number of anilines is 2. The standard InChI is InChI=1S/C28H34FN9/c1-28(2,3)25-20-13-18(14-31-26(20)36-37(25)4)24-21(29)15-32-27(35-24)34-23-6-5-17-16-38(12-9-22(17)33-23)19-7-10-30-11-8-19/h5-6,13-15,19,30H,7-12,16H2,1-4H3,(H,32,33,34,35). The summed E-state index contributed by atoms with van der Waals surface area (Å²) in [6, 6.07) is 6.65. The maximum absolute atomic E-state index is 14.9. The molecule has 0 aliphatic carbocycles. The molecular weight excluding hydrogens is 481 g/mol. The van der Waals surface area contributed by atoms with Gasteiger partial charge < -0.3 is 10.6 Å². The quantitative estimate of drug-likeness (QED) is 0.419. The Balaban J connectivity index is 1.25. The highest BCUT2D eigenvalue weighted by Gasteiger charge is 2.26. The van der Waals surface area contributed by atoms with Gasteiger partial charge in [0.25, 0.3) is 0 Å². The van der Waals surface area contributed by atoms with E-state index in [-0.39, 0.29) is 11.1 Å². The lowest BCUT2D eigenvalue weighted by molar-refractivity contribution is 0.146. The van der Waals surface area contributed by atoms with Crippen molar-refractivity contribution in [1.29, 1.82) is 0 Å². The highest BCUT2D eigenvalue weighted by atomic mass is 19.1. The monoisotopic (exact) mass is 515 g/mol. The Morgan fingerprint density at radius 2 is 1.89 bits per heavy atom. The Labute approximate surface area is 221 Å². The molecule has 0 atom stereocenters. The van der Waals surface area contributed by atoms with E-state index in [0.717, 1.165) is 49.4 Å². The minimum atomic E-state index is -0.505. The maximum atomic E-state index is 14.9. The van der Waals surface area contributed by atoms with Crippen molar-refractivity contribution in [3.05, 3.63) is 53.4 Å². The molecule has 0 amide bonds. The van der Waals surface area contributed by atoms with Crippen molar-refractivity contribution >= 4 is 22.8 Å². The van der Waals surface area contributed by atoms with Crippen LogP contribution in [-0.2, 0) is 25.4 Å². The van der Waals surface area contributed by atoms with Crippen LogP contribution in [-0.4, -0.2) is 60.3 Å². The summed E-state index contributed by atoms with van der Waals surface area (Å²) in [5, 5.41) is 12.1.